The number of nitrogens with one attached hydrogen (secondary N) is 1. The molecule has 2 aromatic heterocycles. The molecular weight excluding hydrogens is 364 g/mol. The second-order valence-corrected chi connectivity index (χ2v) is 6.60. The van der Waals surface area contributed by atoms with E-state index in [0.29, 0.717) is 12.1 Å². The molecule has 0 bridgehead atoms. The number of benzene rings is 2. The van der Waals surface area contributed by atoms with Gasteiger partial charge in [-0.05, 0) is 42.5 Å². The third-order valence-corrected chi connectivity index (χ3v) is 4.82. The zero-order valence-electron chi connectivity index (χ0n) is 16.4. The maximum Gasteiger partial charge on any atom is 0.251 e. The van der Waals surface area contributed by atoms with E-state index in [1.54, 1.807) is 13.3 Å². The van der Waals surface area contributed by atoms with E-state index in [1.165, 1.54) is 0 Å². The highest BCUT2D eigenvalue weighted by Gasteiger charge is 2.13. The number of hydrogen-bond acceptors (Lipinski definition) is 4. The molecule has 4 aromatic rings. The maximum absolute atomic E-state index is 12.6. The molecule has 0 unspecified atom stereocenters. The number of nitrogens with zero attached hydrogens (tertiary/aromatic N) is 3. The van der Waals surface area contributed by atoms with Crippen LogP contribution in [0.1, 0.15) is 28.7 Å². The topological polar surface area (TPSA) is 69.0 Å². The molecule has 1 amide bonds. The molecule has 1 N–H and O–H groups in total. The smallest absolute Gasteiger partial charge is 0.251 e. The molecule has 0 aliphatic carbocycles. The largest absolute Gasteiger partial charge is 0.496 e. The van der Waals surface area contributed by atoms with Crippen molar-refractivity contribution in [2.24, 2.45) is 0 Å². The van der Waals surface area contributed by atoms with E-state index in [2.05, 4.69) is 22.2 Å². The highest BCUT2D eigenvalue weighted by molar-refractivity contribution is 5.94. The van der Waals surface area contributed by atoms with Gasteiger partial charge in [0, 0.05) is 36.0 Å². The monoisotopic (exact) mass is 386 g/mol. The number of para-hydroxylation sites is 1. The van der Waals surface area contributed by atoms with Crippen molar-refractivity contribution in [2.75, 3.05) is 7.11 Å². The zero-order chi connectivity index (χ0) is 20.2. The molecule has 146 valence electrons. The van der Waals surface area contributed by atoms with Gasteiger partial charge in [0.05, 0.1) is 7.11 Å². The Kier molecular flexibility index (Phi) is 5.24. The molecule has 29 heavy (non-hydrogen) atoms. The van der Waals surface area contributed by atoms with Crippen LogP contribution < -0.4 is 10.1 Å². The summed E-state index contributed by atoms with van der Waals surface area (Å²) in [5.41, 5.74) is 4.15. The van der Waals surface area contributed by atoms with E-state index < -0.39 is 0 Å². The summed E-state index contributed by atoms with van der Waals surface area (Å²) in [5, 5.41) is 2.95. The zero-order valence-corrected chi connectivity index (χ0v) is 16.4. The van der Waals surface area contributed by atoms with Gasteiger partial charge in [-0.2, -0.15) is 0 Å². The van der Waals surface area contributed by atoms with Crippen LogP contribution >= 0.6 is 0 Å². The number of hydrogen-bond donors (Lipinski definition) is 1. The Balaban J connectivity index is 1.55. The summed E-state index contributed by atoms with van der Waals surface area (Å²) in [7, 11) is 1.62. The van der Waals surface area contributed by atoms with Crippen molar-refractivity contribution < 1.29 is 9.53 Å². The minimum Gasteiger partial charge on any atom is -0.496 e. The van der Waals surface area contributed by atoms with Crippen LogP contribution in [0.5, 0.6) is 5.75 Å². The molecule has 0 fully saturated rings. The standard InChI is InChI=1S/C23H22N4O2/c1-3-21-26-19-8-6-14-24-22(19)27(21)18-12-10-16(11-13-18)23(28)25-15-17-7-4-5-9-20(17)29-2/h4-14H,3,15H2,1-2H3,(H,25,28). The minimum atomic E-state index is -0.133. The average Bonchev–Trinajstić information content (AvgIpc) is 3.16. The van der Waals surface area contributed by atoms with Crippen molar-refractivity contribution in [1.82, 2.24) is 19.9 Å². The number of methoxy groups -OCH3 is 1. The fourth-order valence-corrected chi connectivity index (χ4v) is 3.36. The SMILES string of the molecule is CCc1nc2cccnc2n1-c1ccc(C(=O)NCc2ccccc2OC)cc1. The number of pyridine rings is 1. The van der Waals surface area contributed by atoms with Gasteiger partial charge in [-0.3, -0.25) is 9.36 Å². The van der Waals surface area contributed by atoms with Gasteiger partial charge >= 0.3 is 0 Å². The number of ether oxygens (including phenoxy) is 1. The summed E-state index contributed by atoms with van der Waals surface area (Å²) in [6.07, 6.45) is 2.55. The Labute approximate surface area is 169 Å². The molecule has 2 heterocycles. The Morgan fingerprint density at radius 2 is 1.86 bits per heavy atom. The van der Waals surface area contributed by atoms with Crippen molar-refractivity contribution in [3.63, 3.8) is 0 Å². The highest BCUT2D eigenvalue weighted by Crippen LogP contribution is 2.21. The van der Waals surface area contributed by atoms with E-state index in [9.17, 15) is 4.79 Å². The molecule has 6 heteroatoms. The van der Waals surface area contributed by atoms with Crippen molar-refractivity contribution in [2.45, 2.75) is 19.9 Å². The first kappa shape index (κ1) is 18.7. The number of fused-ring (bicyclic) bond motifs is 1. The Morgan fingerprint density at radius 1 is 1.07 bits per heavy atom. The molecule has 4 rings (SSSR count). The van der Waals surface area contributed by atoms with Crippen molar-refractivity contribution in [3.8, 4) is 11.4 Å². The van der Waals surface area contributed by atoms with Gasteiger partial charge in [-0.1, -0.05) is 25.1 Å². The number of rotatable bonds is 6. The van der Waals surface area contributed by atoms with Gasteiger partial charge in [0.1, 0.15) is 17.1 Å². The predicted octanol–water partition coefficient (Wildman–Crippen LogP) is 3.92. The summed E-state index contributed by atoms with van der Waals surface area (Å²) < 4.78 is 7.37. The van der Waals surface area contributed by atoms with Gasteiger partial charge in [-0.15, -0.1) is 0 Å². The molecule has 6 nitrogen and oxygen atoms in total. The molecule has 0 spiro atoms. The Morgan fingerprint density at radius 3 is 2.62 bits per heavy atom. The first-order valence-electron chi connectivity index (χ1n) is 9.54. The van der Waals surface area contributed by atoms with Gasteiger partial charge in [0.15, 0.2) is 5.65 Å². The third kappa shape index (κ3) is 3.69. The molecule has 0 aliphatic rings. The fourth-order valence-electron chi connectivity index (χ4n) is 3.36. The fraction of sp³-hybridized carbons (Fsp3) is 0.174. The average molecular weight is 386 g/mol. The number of carbonyl (C=O) groups excluding carboxylic acids is 1. The van der Waals surface area contributed by atoms with Gasteiger partial charge in [-0.25, -0.2) is 9.97 Å². The van der Waals surface area contributed by atoms with Crippen LogP contribution in [-0.2, 0) is 13.0 Å². The number of carbonyl (C=O) groups is 1. The molecule has 0 aliphatic heterocycles. The predicted molar refractivity (Wildman–Crippen MR) is 112 cm³/mol. The summed E-state index contributed by atoms with van der Waals surface area (Å²) in [6.45, 7) is 2.47. The van der Waals surface area contributed by atoms with Gasteiger partial charge in [0.2, 0.25) is 0 Å². The van der Waals surface area contributed by atoms with Gasteiger partial charge < -0.3 is 10.1 Å². The lowest BCUT2D eigenvalue weighted by Crippen LogP contribution is -2.23. The van der Waals surface area contributed by atoms with E-state index in [1.807, 2.05) is 65.2 Å². The highest BCUT2D eigenvalue weighted by atomic mass is 16.5. The molecule has 0 radical (unpaired) electrons. The molecule has 0 atom stereocenters. The molecule has 2 aromatic carbocycles. The lowest BCUT2D eigenvalue weighted by Gasteiger charge is -2.11. The van der Waals surface area contributed by atoms with Crippen LogP contribution in [0.25, 0.3) is 16.9 Å². The summed E-state index contributed by atoms with van der Waals surface area (Å²) in [6, 6.07) is 19.0. The number of imidazole rings is 1. The first-order chi connectivity index (χ1) is 14.2. The second-order valence-electron chi connectivity index (χ2n) is 6.60. The first-order valence-corrected chi connectivity index (χ1v) is 9.54. The van der Waals surface area contributed by atoms with E-state index in [0.717, 1.165) is 40.4 Å². The summed E-state index contributed by atoms with van der Waals surface area (Å²) in [4.78, 5) is 21.7. The number of aromatic nitrogens is 3. The van der Waals surface area contributed by atoms with Crippen molar-refractivity contribution >= 4 is 17.1 Å². The molecule has 0 saturated heterocycles. The summed E-state index contributed by atoms with van der Waals surface area (Å²) in [5.74, 6) is 1.56. The molecule has 0 saturated carbocycles. The lowest BCUT2D eigenvalue weighted by atomic mass is 10.1. The lowest BCUT2D eigenvalue weighted by molar-refractivity contribution is 0.0950. The van der Waals surface area contributed by atoms with Crippen LogP contribution in [0, 0.1) is 0 Å². The van der Waals surface area contributed by atoms with Crippen molar-refractivity contribution in [1.29, 1.82) is 0 Å². The minimum absolute atomic E-state index is 0.133. The van der Waals surface area contributed by atoms with Crippen LogP contribution in [0.4, 0.5) is 0 Å². The quantitative estimate of drug-likeness (QED) is 0.545. The van der Waals surface area contributed by atoms with Gasteiger partial charge in [0.25, 0.3) is 5.91 Å². The molecular formula is C23H22N4O2. The van der Waals surface area contributed by atoms with E-state index >= 15 is 0 Å². The van der Waals surface area contributed by atoms with Crippen LogP contribution in [-0.4, -0.2) is 27.6 Å². The number of amides is 1. The van der Waals surface area contributed by atoms with Crippen LogP contribution in [0.15, 0.2) is 66.9 Å². The van der Waals surface area contributed by atoms with E-state index in [4.69, 9.17) is 4.74 Å². The third-order valence-electron chi connectivity index (χ3n) is 4.82. The maximum atomic E-state index is 12.6. The Bertz CT molecular complexity index is 1150. The summed E-state index contributed by atoms with van der Waals surface area (Å²) >= 11 is 0. The van der Waals surface area contributed by atoms with E-state index in [-0.39, 0.29) is 5.91 Å². The second kappa shape index (κ2) is 8.14. The normalized spacial score (nSPS) is 10.8. The van der Waals surface area contributed by atoms with Crippen LogP contribution in [0.2, 0.25) is 0 Å². The van der Waals surface area contributed by atoms with Crippen molar-refractivity contribution in [3.05, 3.63) is 83.8 Å². The Hall–Kier alpha value is -3.67. The van der Waals surface area contributed by atoms with Crippen LogP contribution in [0.3, 0.4) is 0 Å². The number of aryl methyl sites for hydroxylation is 1.